The third-order valence-corrected chi connectivity index (χ3v) is 2.53. The molecule has 0 fully saturated rings. The van der Waals surface area contributed by atoms with Gasteiger partial charge in [-0.3, -0.25) is 0 Å². The minimum atomic E-state index is -4.67. The first kappa shape index (κ1) is 13.5. The quantitative estimate of drug-likeness (QED) is 0.796. The highest BCUT2D eigenvalue weighted by molar-refractivity contribution is 5.58. The lowest BCUT2D eigenvalue weighted by molar-refractivity contribution is -0.274. The van der Waals surface area contributed by atoms with Crippen LogP contribution in [-0.2, 0) is 6.42 Å². The Labute approximate surface area is 108 Å². The zero-order valence-corrected chi connectivity index (χ0v) is 10.3. The molecule has 0 spiro atoms. The standard InChI is InChI=1S/C14H13F3O2/c1-2-3-11-8-9-13(18-11)10-4-6-12(7-5-10)19-14(15,16)17/h4-9H,2-3H2,1H3. The summed E-state index contributed by atoms with van der Waals surface area (Å²) in [4.78, 5) is 0. The van der Waals surface area contributed by atoms with E-state index in [2.05, 4.69) is 4.74 Å². The summed E-state index contributed by atoms with van der Waals surface area (Å²) in [5, 5.41) is 0. The minimum absolute atomic E-state index is 0.239. The van der Waals surface area contributed by atoms with Crippen molar-refractivity contribution < 1.29 is 22.3 Å². The number of furan rings is 1. The highest BCUT2D eigenvalue weighted by atomic mass is 19.4. The first-order valence-electron chi connectivity index (χ1n) is 5.93. The Balaban J connectivity index is 2.13. The van der Waals surface area contributed by atoms with E-state index in [-0.39, 0.29) is 5.75 Å². The van der Waals surface area contributed by atoms with Gasteiger partial charge in [-0.1, -0.05) is 6.92 Å². The number of halogens is 3. The van der Waals surface area contributed by atoms with Crippen molar-refractivity contribution in [1.82, 2.24) is 0 Å². The second kappa shape index (κ2) is 5.38. The van der Waals surface area contributed by atoms with Crippen molar-refractivity contribution in [3.8, 4) is 17.1 Å². The highest BCUT2D eigenvalue weighted by Gasteiger charge is 2.30. The lowest BCUT2D eigenvalue weighted by Gasteiger charge is -2.08. The highest BCUT2D eigenvalue weighted by Crippen LogP contribution is 2.27. The van der Waals surface area contributed by atoms with Crippen molar-refractivity contribution in [2.75, 3.05) is 0 Å². The topological polar surface area (TPSA) is 22.4 Å². The van der Waals surface area contributed by atoms with Gasteiger partial charge < -0.3 is 9.15 Å². The molecule has 0 unspecified atom stereocenters. The molecule has 102 valence electrons. The van der Waals surface area contributed by atoms with Gasteiger partial charge in [-0.15, -0.1) is 13.2 Å². The van der Waals surface area contributed by atoms with Crippen LogP contribution in [0.15, 0.2) is 40.8 Å². The molecule has 2 nitrogen and oxygen atoms in total. The zero-order chi connectivity index (χ0) is 13.9. The average molecular weight is 270 g/mol. The van der Waals surface area contributed by atoms with Crippen molar-refractivity contribution in [3.63, 3.8) is 0 Å². The molecule has 19 heavy (non-hydrogen) atoms. The maximum atomic E-state index is 12.0. The number of aryl methyl sites for hydroxylation is 1. The van der Waals surface area contributed by atoms with Gasteiger partial charge in [0.25, 0.3) is 0 Å². The number of rotatable bonds is 4. The van der Waals surface area contributed by atoms with E-state index in [9.17, 15) is 13.2 Å². The molecule has 0 saturated heterocycles. The largest absolute Gasteiger partial charge is 0.573 e. The Morgan fingerprint density at radius 2 is 1.74 bits per heavy atom. The maximum Gasteiger partial charge on any atom is 0.573 e. The molecule has 2 aromatic rings. The summed E-state index contributed by atoms with van der Waals surface area (Å²) in [6.07, 6.45) is -2.85. The molecule has 0 radical (unpaired) electrons. The smallest absolute Gasteiger partial charge is 0.461 e. The number of hydrogen-bond donors (Lipinski definition) is 0. The molecule has 0 bridgehead atoms. The summed E-state index contributed by atoms with van der Waals surface area (Å²) in [6.45, 7) is 2.05. The maximum absolute atomic E-state index is 12.0. The summed E-state index contributed by atoms with van der Waals surface area (Å²) < 4.78 is 45.4. The van der Waals surface area contributed by atoms with Gasteiger partial charge in [-0.05, 0) is 42.8 Å². The molecule has 1 aromatic carbocycles. The Bertz CT molecular complexity index is 526. The van der Waals surface area contributed by atoms with E-state index >= 15 is 0 Å². The molecule has 0 saturated carbocycles. The molecule has 0 aliphatic carbocycles. The average Bonchev–Trinajstić information content (AvgIpc) is 2.77. The van der Waals surface area contributed by atoms with Gasteiger partial charge in [0.05, 0.1) is 0 Å². The molecular formula is C14H13F3O2. The van der Waals surface area contributed by atoms with Gasteiger partial charge in [0, 0.05) is 12.0 Å². The van der Waals surface area contributed by atoms with Crippen LogP contribution in [0.3, 0.4) is 0 Å². The van der Waals surface area contributed by atoms with Crippen LogP contribution < -0.4 is 4.74 Å². The molecular weight excluding hydrogens is 257 g/mol. The first-order valence-corrected chi connectivity index (χ1v) is 5.93. The van der Waals surface area contributed by atoms with Gasteiger partial charge >= 0.3 is 6.36 Å². The van der Waals surface area contributed by atoms with Crippen LogP contribution in [0, 0.1) is 0 Å². The van der Waals surface area contributed by atoms with Crippen molar-refractivity contribution >= 4 is 0 Å². The molecule has 0 aliphatic rings. The van der Waals surface area contributed by atoms with E-state index in [1.165, 1.54) is 24.3 Å². The Morgan fingerprint density at radius 3 is 2.32 bits per heavy atom. The fourth-order valence-electron chi connectivity index (χ4n) is 1.73. The lowest BCUT2D eigenvalue weighted by atomic mass is 10.2. The predicted octanol–water partition coefficient (Wildman–Crippen LogP) is 4.80. The fourth-order valence-corrected chi connectivity index (χ4v) is 1.73. The molecule has 5 heteroatoms. The fraction of sp³-hybridized carbons (Fsp3) is 0.286. The normalized spacial score (nSPS) is 11.6. The minimum Gasteiger partial charge on any atom is -0.461 e. The summed E-state index contributed by atoms with van der Waals surface area (Å²) in [7, 11) is 0. The number of hydrogen-bond acceptors (Lipinski definition) is 2. The van der Waals surface area contributed by atoms with E-state index in [4.69, 9.17) is 4.42 Å². The van der Waals surface area contributed by atoms with Gasteiger partial charge in [-0.25, -0.2) is 0 Å². The van der Waals surface area contributed by atoms with Gasteiger partial charge in [-0.2, -0.15) is 0 Å². The SMILES string of the molecule is CCCc1ccc(-c2ccc(OC(F)(F)F)cc2)o1. The summed E-state index contributed by atoms with van der Waals surface area (Å²) in [6, 6.07) is 9.30. The number of ether oxygens (including phenoxy) is 1. The first-order chi connectivity index (χ1) is 8.98. The van der Waals surface area contributed by atoms with Crippen LogP contribution >= 0.6 is 0 Å². The second-order valence-corrected chi connectivity index (χ2v) is 4.09. The van der Waals surface area contributed by atoms with E-state index in [1.54, 1.807) is 0 Å². The summed E-state index contributed by atoms with van der Waals surface area (Å²) in [5.74, 6) is 1.27. The van der Waals surface area contributed by atoms with Crippen molar-refractivity contribution in [1.29, 1.82) is 0 Å². The van der Waals surface area contributed by atoms with Crippen molar-refractivity contribution in [2.45, 2.75) is 26.1 Å². The van der Waals surface area contributed by atoms with Crippen LogP contribution in [-0.4, -0.2) is 6.36 Å². The van der Waals surface area contributed by atoms with Gasteiger partial charge in [0.1, 0.15) is 17.3 Å². The van der Waals surface area contributed by atoms with E-state index in [0.29, 0.717) is 5.76 Å². The van der Waals surface area contributed by atoms with Crippen LogP contribution in [0.4, 0.5) is 13.2 Å². The third-order valence-electron chi connectivity index (χ3n) is 2.53. The molecule has 0 aliphatic heterocycles. The number of benzene rings is 1. The van der Waals surface area contributed by atoms with Gasteiger partial charge in [0.2, 0.25) is 0 Å². The second-order valence-electron chi connectivity index (χ2n) is 4.09. The van der Waals surface area contributed by atoms with Crippen molar-refractivity contribution in [2.24, 2.45) is 0 Å². The molecule has 2 rings (SSSR count). The van der Waals surface area contributed by atoms with E-state index < -0.39 is 6.36 Å². The van der Waals surface area contributed by atoms with Crippen molar-refractivity contribution in [3.05, 3.63) is 42.2 Å². The molecule has 0 amide bonds. The zero-order valence-electron chi connectivity index (χ0n) is 10.3. The Hall–Kier alpha value is -1.91. The molecule has 0 N–H and O–H groups in total. The summed E-state index contributed by atoms with van der Waals surface area (Å²) in [5.41, 5.74) is 0.719. The van der Waals surface area contributed by atoms with E-state index in [1.807, 2.05) is 19.1 Å². The molecule has 1 heterocycles. The summed E-state index contributed by atoms with van der Waals surface area (Å²) >= 11 is 0. The Morgan fingerprint density at radius 1 is 1.05 bits per heavy atom. The third kappa shape index (κ3) is 3.77. The van der Waals surface area contributed by atoms with Crippen LogP contribution in [0.2, 0.25) is 0 Å². The molecule has 1 aromatic heterocycles. The van der Waals surface area contributed by atoms with Crippen LogP contribution in [0.25, 0.3) is 11.3 Å². The van der Waals surface area contributed by atoms with Crippen LogP contribution in [0.1, 0.15) is 19.1 Å². The monoisotopic (exact) mass is 270 g/mol. The number of alkyl halides is 3. The lowest BCUT2D eigenvalue weighted by Crippen LogP contribution is -2.16. The van der Waals surface area contributed by atoms with Crippen LogP contribution in [0.5, 0.6) is 5.75 Å². The Kier molecular flexibility index (Phi) is 3.83. The molecule has 0 atom stereocenters. The van der Waals surface area contributed by atoms with Gasteiger partial charge in [0.15, 0.2) is 0 Å². The predicted molar refractivity (Wildman–Crippen MR) is 64.8 cm³/mol. The van der Waals surface area contributed by atoms with E-state index in [0.717, 1.165) is 24.2 Å².